The molecule has 1 atom stereocenters. The lowest BCUT2D eigenvalue weighted by Gasteiger charge is -2.13. The quantitative estimate of drug-likeness (QED) is 0.609. The predicted octanol–water partition coefficient (Wildman–Crippen LogP) is 3.22. The minimum Gasteiger partial charge on any atom is -0.271 e. The summed E-state index contributed by atoms with van der Waals surface area (Å²) in [5.74, 6) is 5.65. The van der Waals surface area contributed by atoms with Crippen LogP contribution in [0.3, 0.4) is 0 Å². The Bertz CT molecular complexity index is 471. The van der Waals surface area contributed by atoms with Crippen LogP contribution < -0.4 is 11.3 Å². The van der Waals surface area contributed by atoms with E-state index >= 15 is 0 Å². The molecule has 2 aromatic rings. The normalized spacial score (nSPS) is 12.8. The zero-order valence-electron chi connectivity index (χ0n) is 11.5. The SMILES string of the molecule is Cc1nc(CC(CCCc2cccs2)NN)sc1C. The molecule has 104 valence electrons. The highest BCUT2D eigenvalue weighted by molar-refractivity contribution is 7.11. The molecule has 0 saturated heterocycles. The molecule has 5 heteroatoms. The van der Waals surface area contributed by atoms with Gasteiger partial charge in [-0.2, -0.15) is 0 Å². The van der Waals surface area contributed by atoms with Gasteiger partial charge in [-0.15, -0.1) is 22.7 Å². The fourth-order valence-electron chi connectivity index (χ4n) is 2.06. The maximum absolute atomic E-state index is 5.65. The van der Waals surface area contributed by atoms with E-state index in [2.05, 4.69) is 41.8 Å². The molecule has 3 nitrogen and oxygen atoms in total. The number of rotatable bonds is 7. The van der Waals surface area contributed by atoms with E-state index in [1.165, 1.54) is 21.2 Å². The first-order valence-corrected chi connectivity index (χ1v) is 8.30. The van der Waals surface area contributed by atoms with Gasteiger partial charge in [0.15, 0.2) is 0 Å². The van der Waals surface area contributed by atoms with Crippen molar-refractivity contribution in [1.29, 1.82) is 0 Å². The lowest BCUT2D eigenvalue weighted by molar-refractivity contribution is 0.476. The van der Waals surface area contributed by atoms with E-state index in [0.29, 0.717) is 6.04 Å². The van der Waals surface area contributed by atoms with Crippen LogP contribution in [0.1, 0.15) is 33.3 Å². The minimum atomic E-state index is 0.324. The third-order valence-corrected chi connectivity index (χ3v) is 5.32. The van der Waals surface area contributed by atoms with Crippen molar-refractivity contribution in [3.05, 3.63) is 38.0 Å². The van der Waals surface area contributed by atoms with Gasteiger partial charge in [-0.25, -0.2) is 4.98 Å². The van der Waals surface area contributed by atoms with Crippen LogP contribution in [0.2, 0.25) is 0 Å². The van der Waals surface area contributed by atoms with Crippen molar-refractivity contribution in [3.63, 3.8) is 0 Å². The summed E-state index contributed by atoms with van der Waals surface area (Å²) in [5.41, 5.74) is 4.08. The largest absolute Gasteiger partial charge is 0.271 e. The lowest BCUT2D eigenvalue weighted by Crippen LogP contribution is -2.36. The van der Waals surface area contributed by atoms with E-state index in [-0.39, 0.29) is 0 Å². The molecule has 0 fully saturated rings. The van der Waals surface area contributed by atoms with Crippen molar-refractivity contribution in [2.24, 2.45) is 5.84 Å². The third-order valence-electron chi connectivity index (χ3n) is 3.29. The minimum absolute atomic E-state index is 0.324. The van der Waals surface area contributed by atoms with Crippen LogP contribution in [-0.2, 0) is 12.8 Å². The van der Waals surface area contributed by atoms with Crippen LogP contribution in [0.5, 0.6) is 0 Å². The Hall–Kier alpha value is -0.750. The molecule has 0 saturated carbocycles. The van der Waals surface area contributed by atoms with E-state index in [9.17, 15) is 0 Å². The molecule has 0 aliphatic carbocycles. The van der Waals surface area contributed by atoms with Gasteiger partial charge in [0.05, 0.1) is 10.7 Å². The van der Waals surface area contributed by atoms with Gasteiger partial charge < -0.3 is 0 Å². The molecule has 0 aliphatic rings. The molecule has 0 bridgehead atoms. The Morgan fingerprint density at radius 1 is 1.42 bits per heavy atom. The second kappa shape index (κ2) is 7.14. The summed E-state index contributed by atoms with van der Waals surface area (Å²) in [7, 11) is 0. The standard InChI is InChI=1S/C14H21N3S2/c1-10-11(2)19-14(16-10)9-12(17-15)5-3-6-13-7-4-8-18-13/h4,7-8,12,17H,3,5-6,9,15H2,1-2H3. The number of nitrogens with one attached hydrogen (secondary N) is 1. The number of hydrogen-bond donors (Lipinski definition) is 2. The molecule has 3 N–H and O–H groups in total. The van der Waals surface area contributed by atoms with Crippen LogP contribution in [0.4, 0.5) is 0 Å². The summed E-state index contributed by atoms with van der Waals surface area (Å²) in [4.78, 5) is 7.35. The smallest absolute Gasteiger partial charge is 0.0946 e. The Morgan fingerprint density at radius 3 is 2.84 bits per heavy atom. The van der Waals surface area contributed by atoms with Crippen molar-refractivity contribution in [2.75, 3.05) is 0 Å². The summed E-state index contributed by atoms with van der Waals surface area (Å²) in [6.07, 6.45) is 4.33. The Morgan fingerprint density at radius 2 is 2.26 bits per heavy atom. The van der Waals surface area contributed by atoms with Gasteiger partial charge in [0.1, 0.15) is 0 Å². The maximum Gasteiger partial charge on any atom is 0.0946 e. The number of hydrogen-bond acceptors (Lipinski definition) is 5. The number of nitrogens with zero attached hydrogens (tertiary/aromatic N) is 1. The first-order chi connectivity index (χ1) is 9.19. The second-order valence-electron chi connectivity index (χ2n) is 4.79. The topological polar surface area (TPSA) is 50.9 Å². The van der Waals surface area contributed by atoms with Crippen LogP contribution >= 0.6 is 22.7 Å². The second-order valence-corrected chi connectivity index (χ2v) is 7.11. The molecule has 0 spiro atoms. The summed E-state index contributed by atoms with van der Waals surface area (Å²) in [5, 5.41) is 3.32. The molecule has 0 radical (unpaired) electrons. The van der Waals surface area contributed by atoms with E-state index in [0.717, 1.165) is 25.0 Å². The average Bonchev–Trinajstić information content (AvgIpc) is 2.99. The molecule has 2 rings (SSSR count). The number of thiazole rings is 1. The lowest BCUT2D eigenvalue weighted by atomic mass is 10.1. The molecule has 1 unspecified atom stereocenters. The Balaban J connectivity index is 1.79. The molecule has 0 aromatic carbocycles. The Labute approximate surface area is 122 Å². The van der Waals surface area contributed by atoms with Gasteiger partial charge in [0, 0.05) is 22.2 Å². The molecule has 0 amide bonds. The zero-order valence-corrected chi connectivity index (χ0v) is 13.1. The number of aryl methyl sites for hydroxylation is 3. The van der Waals surface area contributed by atoms with Crippen molar-refractivity contribution in [3.8, 4) is 0 Å². The highest BCUT2D eigenvalue weighted by atomic mass is 32.1. The zero-order chi connectivity index (χ0) is 13.7. The molecule has 19 heavy (non-hydrogen) atoms. The first kappa shape index (κ1) is 14.7. The summed E-state index contributed by atoms with van der Waals surface area (Å²) >= 11 is 3.61. The van der Waals surface area contributed by atoms with Crippen molar-refractivity contribution < 1.29 is 0 Å². The maximum atomic E-state index is 5.65. The van der Waals surface area contributed by atoms with E-state index < -0.39 is 0 Å². The number of aromatic nitrogens is 1. The van der Waals surface area contributed by atoms with Gasteiger partial charge in [-0.05, 0) is 44.6 Å². The highest BCUT2D eigenvalue weighted by Crippen LogP contribution is 2.19. The summed E-state index contributed by atoms with van der Waals surface area (Å²) < 4.78 is 0. The first-order valence-electron chi connectivity index (χ1n) is 6.60. The molecular formula is C14H21N3S2. The monoisotopic (exact) mass is 295 g/mol. The fraction of sp³-hybridized carbons (Fsp3) is 0.500. The van der Waals surface area contributed by atoms with Crippen molar-refractivity contribution >= 4 is 22.7 Å². The van der Waals surface area contributed by atoms with E-state index in [1.54, 1.807) is 11.3 Å². The molecule has 0 aliphatic heterocycles. The fourth-order valence-corrected chi connectivity index (χ4v) is 3.82. The van der Waals surface area contributed by atoms with Gasteiger partial charge in [0.25, 0.3) is 0 Å². The van der Waals surface area contributed by atoms with Gasteiger partial charge in [-0.3, -0.25) is 11.3 Å². The summed E-state index contributed by atoms with van der Waals surface area (Å²) in [6.45, 7) is 4.19. The van der Waals surface area contributed by atoms with Crippen LogP contribution in [0.15, 0.2) is 17.5 Å². The van der Waals surface area contributed by atoms with Crippen LogP contribution in [-0.4, -0.2) is 11.0 Å². The van der Waals surface area contributed by atoms with Crippen LogP contribution in [0.25, 0.3) is 0 Å². The Kier molecular flexibility index (Phi) is 5.51. The van der Waals surface area contributed by atoms with Gasteiger partial charge in [0.2, 0.25) is 0 Å². The van der Waals surface area contributed by atoms with Crippen molar-refractivity contribution in [2.45, 2.75) is 45.6 Å². The predicted molar refractivity (Wildman–Crippen MR) is 83.7 cm³/mol. The highest BCUT2D eigenvalue weighted by Gasteiger charge is 2.11. The average molecular weight is 295 g/mol. The van der Waals surface area contributed by atoms with E-state index in [1.807, 2.05) is 11.3 Å². The number of thiophene rings is 1. The third kappa shape index (κ3) is 4.38. The van der Waals surface area contributed by atoms with Crippen LogP contribution in [0, 0.1) is 13.8 Å². The number of nitrogens with two attached hydrogens (primary N) is 1. The van der Waals surface area contributed by atoms with Gasteiger partial charge in [-0.1, -0.05) is 6.07 Å². The molecule has 2 heterocycles. The summed E-state index contributed by atoms with van der Waals surface area (Å²) in [6, 6.07) is 4.63. The number of hydrazine groups is 1. The molecule has 2 aromatic heterocycles. The molecular weight excluding hydrogens is 274 g/mol. The van der Waals surface area contributed by atoms with Gasteiger partial charge >= 0.3 is 0 Å². The van der Waals surface area contributed by atoms with E-state index in [4.69, 9.17) is 5.84 Å². The van der Waals surface area contributed by atoms with Crippen molar-refractivity contribution in [1.82, 2.24) is 10.4 Å².